The van der Waals surface area contributed by atoms with E-state index in [4.69, 9.17) is 10.5 Å². The number of ether oxygens (including phenoxy) is 1. The molecule has 1 aromatic heterocycles. The number of benzene rings is 1. The minimum atomic E-state index is -0.0947. The zero-order valence-corrected chi connectivity index (χ0v) is 10.1. The van der Waals surface area contributed by atoms with Crippen LogP contribution in [-0.2, 0) is 0 Å². The number of pyridine rings is 1. The van der Waals surface area contributed by atoms with Crippen LogP contribution in [0.5, 0.6) is 11.6 Å². The molecule has 1 heterocycles. The van der Waals surface area contributed by atoms with E-state index in [1.807, 2.05) is 50.2 Å². The first kappa shape index (κ1) is 11.6. The van der Waals surface area contributed by atoms with Crippen LogP contribution in [0, 0.1) is 6.92 Å². The minimum absolute atomic E-state index is 0.0947. The SMILES string of the molecule is Cc1ccccc1Oc1ncccc1[C@H](C)N. The molecule has 88 valence electrons. The molecule has 0 aliphatic carbocycles. The highest BCUT2D eigenvalue weighted by atomic mass is 16.5. The molecule has 2 N–H and O–H groups in total. The largest absolute Gasteiger partial charge is 0.438 e. The van der Waals surface area contributed by atoms with Crippen molar-refractivity contribution in [3.63, 3.8) is 0 Å². The van der Waals surface area contributed by atoms with Gasteiger partial charge in [-0.25, -0.2) is 4.98 Å². The molecule has 0 unspecified atom stereocenters. The molecule has 0 spiro atoms. The van der Waals surface area contributed by atoms with Gasteiger partial charge in [0, 0.05) is 17.8 Å². The summed E-state index contributed by atoms with van der Waals surface area (Å²) < 4.78 is 5.81. The maximum absolute atomic E-state index is 5.89. The van der Waals surface area contributed by atoms with Crippen LogP contribution in [-0.4, -0.2) is 4.98 Å². The van der Waals surface area contributed by atoms with E-state index in [9.17, 15) is 0 Å². The maximum atomic E-state index is 5.89. The van der Waals surface area contributed by atoms with E-state index in [-0.39, 0.29) is 6.04 Å². The lowest BCUT2D eigenvalue weighted by Gasteiger charge is -2.13. The van der Waals surface area contributed by atoms with Crippen LogP contribution < -0.4 is 10.5 Å². The van der Waals surface area contributed by atoms with Crippen LogP contribution in [0.3, 0.4) is 0 Å². The molecule has 0 saturated heterocycles. The molecule has 1 atom stereocenters. The summed E-state index contributed by atoms with van der Waals surface area (Å²) in [5.41, 5.74) is 7.88. The van der Waals surface area contributed by atoms with Crippen molar-refractivity contribution < 1.29 is 4.74 Å². The van der Waals surface area contributed by atoms with Gasteiger partial charge in [0.1, 0.15) is 5.75 Å². The van der Waals surface area contributed by atoms with E-state index >= 15 is 0 Å². The van der Waals surface area contributed by atoms with Gasteiger partial charge in [0.2, 0.25) is 5.88 Å². The molecule has 1 aromatic carbocycles. The van der Waals surface area contributed by atoms with Gasteiger partial charge >= 0.3 is 0 Å². The Kier molecular flexibility index (Phi) is 3.40. The average Bonchev–Trinajstić information content (AvgIpc) is 2.32. The highest BCUT2D eigenvalue weighted by molar-refractivity contribution is 5.38. The van der Waals surface area contributed by atoms with Crippen molar-refractivity contribution in [1.82, 2.24) is 4.98 Å². The highest BCUT2D eigenvalue weighted by Crippen LogP contribution is 2.27. The Balaban J connectivity index is 2.34. The van der Waals surface area contributed by atoms with Gasteiger partial charge in [-0.2, -0.15) is 0 Å². The summed E-state index contributed by atoms with van der Waals surface area (Å²) in [7, 11) is 0. The summed E-state index contributed by atoms with van der Waals surface area (Å²) >= 11 is 0. The van der Waals surface area contributed by atoms with Crippen molar-refractivity contribution in [2.75, 3.05) is 0 Å². The van der Waals surface area contributed by atoms with Crippen molar-refractivity contribution in [2.45, 2.75) is 19.9 Å². The molecule has 3 heteroatoms. The van der Waals surface area contributed by atoms with E-state index in [0.29, 0.717) is 5.88 Å². The first-order valence-electron chi connectivity index (χ1n) is 5.62. The van der Waals surface area contributed by atoms with Gasteiger partial charge in [0.15, 0.2) is 0 Å². The van der Waals surface area contributed by atoms with Crippen molar-refractivity contribution in [2.24, 2.45) is 5.73 Å². The zero-order valence-electron chi connectivity index (χ0n) is 10.1. The van der Waals surface area contributed by atoms with Gasteiger partial charge in [-0.3, -0.25) is 0 Å². The molecule has 0 saturated carbocycles. The second kappa shape index (κ2) is 4.97. The number of hydrogen-bond acceptors (Lipinski definition) is 3. The van der Waals surface area contributed by atoms with Crippen LogP contribution in [0.25, 0.3) is 0 Å². The van der Waals surface area contributed by atoms with E-state index in [1.165, 1.54) is 0 Å². The number of nitrogens with two attached hydrogens (primary N) is 1. The van der Waals surface area contributed by atoms with Crippen molar-refractivity contribution >= 4 is 0 Å². The lowest BCUT2D eigenvalue weighted by atomic mass is 10.1. The van der Waals surface area contributed by atoms with Crippen molar-refractivity contribution in [3.8, 4) is 11.6 Å². The molecule has 0 aliphatic heterocycles. The van der Waals surface area contributed by atoms with Gasteiger partial charge in [-0.1, -0.05) is 24.3 Å². The Morgan fingerprint density at radius 3 is 2.65 bits per heavy atom. The first-order chi connectivity index (χ1) is 8.18. The third-order valence-corrected chi connectivity index (χ3v) is 2.59. The topological polar surface area (TPSA) is 48.1 Å². The van der Waals surface area contributed by atoms with Crippen LogP contribution in [0.15, 0.2) is 42.6 Å². The number of rotatable bonds is 3. The molecule has 2 rings (SSSR count). The Hall–Kier alpha value is -1.87. The van der Waals surface area contributed by atoms with Crippen LogP contribution in [0.4, 0.5) is 0 Å². The zero-order chi connectivity index (χ0) is 12.3. The van der Waals surface area contributed by atoms with E-state index in [1.54, 1.807) is 6.20 Å². The standard InChI is InChI=1S/C14H16N2O/c1-10-6-3-4-8-13(10)17-14-12(11(2)15)7-5-9-16-14/h3-9,11H,15H2,1-2H3/t11-/m0/s1. The van der Waals surface area contributed by atoms with Gasteiger partial charge in [0.05, 0.1) is 0 Å². The quantitative estimate of drug-likeness (QED) is 0.877. The smallest absolute Gasteiger partial charge is 0.223 e. The highest BCUT2D eigenvalue weighted by Gasteiger charge is 2.10. The minimum Gasteiger partial charge on any atom is -0.438 e. The molecular weight excluding hydrogens is 212 g/mol. The Bertz CT molecular complexity index is 509. The average molecular weight is 228 g/mol. The fourth-order valence-corrected chi connectivity index (χ4v) is 1.61. The van der Waals surface area contributed by atoms with Crippen molar-refractivity contribution in [1.29, 1.82) is 0 Å². The Morgan fingerprint density at radius 2 is 1.94 bits per heavy atom. The summed E-state index contributed by atoms with van der Waals surface area (Å²) in [5.74, 6) is 1.39. The Morgan fingerprint density at radius 1 is 1.18 bits per heavy atom. The second-order valence-corrected chi connectivity index (χ2v) is 4.05. The van der Waals surface area contributed by atoms with Gasteiger partial charge < -0.3 is 10.5 Å². The summed E-state index contributed by atoms with van der Waals surface area (Å²) in [6.07, 6.45) is 1.71. The third-order valence-electron chi connectivity index (χ3n) is 2.59. The second-order valence-electron chi connectivity index (χ2n) is 4.05. The molecule has 0 fully saturated rings. The van der Waals surface area contributed by atoms with Crippen LogP contribution in [0.2, 0.25) is 0 Å². The predicted molar refractivity (Wildman–Crippen MR) is 68.1 cm³/mol. The van der Waals surface area contributed by atoms with Gasteiger partial charge in [0.25, 0.3) is 0 Å². The monoisotopic (exact) mass is 228 g/mol. The van der Waals surface area contributed by atoms with E-state index in [2.05, 4.69) is 4.98 Å². The predicted octanol–water partition coefficient (Wildman–Crippen LogP) is 3.20. The normalized spacial score (nSPS) is 12.2. The summed E-state index contributed by atoms with van der Waals surface area (Å²) in [6, 6.07) is 11.6. The van der Waals surface area contributed by atoms with Gasteiger partial charge in [-0.15, -0.1) is 0 Å². The fourth-order valence-electron chi connectivity index (χ4n) is 1.61. The molecular formula is C14H16N2O. The fraction of sp³-hybridized carbons (Fsp3) is 0.214. The number of para-hydroxylation sites is 1. The lowest BCUT2D eigenvalue weighted by molar-refractivity contribution is 0.449. The number of hydrogen-bond donors (Lipinski definition) is 1. The van der Waals surface area contributed by atoms with E-state index < -0.39 is 0 Å². The van der Waals surface area contributed by atoms with Crippen LogP contribution in [0.1, 0.15) is 24.1 Å². The number of aryl methyl sites for hydroxylation is 1. The molecule has 17 heavy (non-hydrogen) atoms. The van der Waals surface area contributed by atoms with Crippen LogP contribution >= 0.6 is 0 Å². The molecule has 0 radical (unpaired) electrons. The molecule has 0 aliphatic rings. The Labute approximate surface area is 101 Å². The molecule has 0 amide bonds. The molecule has 0 bridgehead atoms. The summed E-state index contributed by atoms with van der Waals surface area (Å²) in [6.45, 7) is 3.92. The van der Waals surface area contributed by atoms with Crippen molar-refractivity contribution in [3.05, 3.63) is 53.7 Å². The first-order valence-corrected chi connectivity index (χ1v) is 5.62. The van der Waals surface area contributed by atoms with E-state index in [0.717, 1.165) is 16.9 Å². The number of aromatic nitrogens is 1. The summed E-state index contributed by atoms with van der Waals surface area (Å²) in [4.78, 5) is 4.23. The third kappa shape index (κ3) is 2.63. The maximum Gasteiger partial charge on any atom is 0.223 e. The molecule has 2 aromatic rings. The summed E-state index contributed by atoms with van der Waals surface area (Å²) in [5, 5.41) is 0. The number of nitrogens with zero attached hydrogens (tertiary/aromatic N) is 1. The molecule has 3 nitrogen and oxygen atoms in total. The van der Waals surface area contributed by atoms with Gasteiger partial charge in [-0.05, 0) is 31.5 Å². The lowest BCUT2D eigenvalue weighted by Crippen LogP contribution is -2.07.